The van der Waals surface area contributed by atoms with Crippen LogP contribution in [-0.2, 0) is 11.2 Å². The minimum atomic E-state index is -0.219. The van der Waals surface area contributed by atoms with Crippen LogP contribution in [0.25, 0.3) is 6.08 Å². The molecule has 0 amide bonds. The fraction of sp³-hybridized carbons (Fsp3) is 0.600. The number of ether oxygens (including phenoxy) is 1. The number of carbonyl (C=O) groups excluding carboxylic acids is 1. The first-order valence-electron chi connectivity index (χ1n) is 11.2. The Morgan fingerprint density at radius 2 is 1.90 bits per heavy atom. The van der Waals surface area contributed by atoms with E-state index in [1.165, 1.54) is 12.0 Å². The first kappa shape index (κ1) is 22.5. The normalized spacial score (nSPS) is 23.0. The van der Waals surface area contributed by atoms with E-state index >= 15 is 0 Å². The molecular weight excluding hydrogens is 376 g/mol. The van der Waals surface area contributed by atoms with Crippen LogP contribution in [0.1, 0.15) is 93.4 Å². The predicted molar refractivity (Wildman–Crippen MR) is 122 cm³/mol. The number of allylic oxidation sites excluding steroid dienone is 1. The summed E-state index contributed by atoms with van der Waals surface area (Å²) in [5.74, 6) is 2.15. The van der Waals surface area contributed by atoms with Gasteiger partial charge in [-0.05, 0) is 84.4 Å². The number of hydrogen-bond donors (Lipinski definition) is 3. The van der Waals surface area contributed by atoms with Gasteiger partial charge in [0.15, 0.2) is 6.29 Å². The summed E-state index contributed by atoms with van der Waals surface area (Å²) in [5, 5.41) is 22.1. The van der Waals surface area contributed by atoms with Gasteiger partial charge < -0.3 is 20.6 Å². The molecule has 1 heterocycles. The number of rotatable bonds is 5. The number of fused-ring (bicyclic) bond motifs is 7. The van der Waals surface area contributed by atoms with Crippen molar-refractivity contribution < 1.29 is 14.6 Å². The van der Waals surface area contributed by atoms with Gasteiger partial charge in [-0.3, -0.25) is 4.79 Å². The second-order valence-corrected chi connectivity index (χ2v) is 9.41. The second kappa shape index (κ2) is 8.93. The second-order valence-electron chi connectivity index (χ2n) is 9.41. The highest BCUT2D eigenvalue weighted by Crippen LogP contribution is 2.61. The fourth-order valence-electron chi connectivity index (χ4n) is 5.16. The third kappa shape index (κ3) is 4.04. The van der Waals surface area contributed by atoms with Gasteiger partial charge in [0.1, 0.15) is 17.1 Å². The van der Waals surface area contributed by atoms with E-state index in [0.29, 0.717) is 40.9 Å². The van der Waals surface area contributed by atoms with Crippen molar-refractivity contribution in [2.24, 2.45) is 0 Å². The number of phenols is 1. The molecule has 1 aromatic carbocycles. The maximum Gasteiger partial charge on any atom is 0.151 e. The van der Waals surface area contributed by atoms with E-state index in [-0.39, 0.29) is 5.60 Å². The molecule has 30 heavy (non-hydrogen) atoms. The highest BCUT2D eigenvalue weighted by atomic mass is 16.5. The van der Waals surface area contributed by atoms with Gasteiger partial charge in [-0.2, -0.15) is 0 Å². The first-order chi connectivity index (χ1) is 14.3. The average molecular weight is 413 g/mol. The topological polar surface area (TPSA) is 82.4 Å². The van der Waals surface area contributed by atoms with Crippen LogP contribution in [0.15, 0.2) is 5.57 Å². The third-order valence-electron chi connectivity index (χ3n) is 6.52. The lowest BCUT2D eigenvalue weighted by molar-refractivity contribution is -0.104. The average Bonchev–Trinajstić information content (AvgIpc) is 3.30. The Morgan fingerprint density at radius 1 is 1.27 bits per heavy atom. The van der Waals surface area contributed by atoms with E-state index in [1.54, 1.807) is 6.08 Å². The molecule has 0 spiro atoms. The van der Waals surface area contributed by atoms with E-state index in [2.05, 4.69) is 19.2 Å². The maximum atomic E-state index is 11.6. The van der Waals surface area contributed by atoms with E-state index in [4.69, 9.17) is 10.1 Å². The maximum absolute atomic E-state index is 11.6. The lowest BCUT2D eigenvalue weighted by Gasteiger charge is -2.37. The molecular formula is C25H36N2O3. The number of carbonyl (C=O) groups is 1. The zero-order valence-corrected chi connectivity index (χ0v) is 19.0. The minimum Gasteiger partial charge on any atom is -0.507 e. The summed E-state index contributed by atoms with van der Waals surface area (Å²) in [5.41, 5.74) is 4.46. The summed E-state index contributed by atoms with van der Waals surface area (Å²) in [4.78, 5) is 11.6. The summed E-state index contributed by atoms with van der Waals surface area (Å²) >= 11 is 0. The molecule has 4 rings (SSSR count). The Bertz CT molecular complexity index is 870. The molecule has 2 aliphatic carbocycles. The van der Waals surface area contributed by atoms with Crippen molar-refractivity contribution in [1.29, 1.82) is 5.41 Å². The van der Waals surface area contributed by atoms with Crippen molar-refractivity contribution in [3.8, 4) is 11.5 Å². The van der Waals surface area contributed by atoms with Crippen molar-refractivity contribution >= 4 is 18.1 Å². The van der Waals surface area contributed by atoms with Gasteiger partial charge in [0, 0.05) is 33.5 Å². The van der Waals surface area contributed by atoms with Crippen LogP contribution in [0.4, 0.5) is 0 Å². The molecule has 1 fully saturated rings. The van der Waals surface area contributed by atoms with Crippen LogP contribution >= 0.6 is 0 Å². The Kier molecular flexibility index (Phi) is 6.71. The zero-order chi connectivity index (χ0) is 22.1. The molecule has 5 nitrogen and oxygen atoms in total. The van der Waals surface area contributed by atoms with Crippen molar-refractivity contribution in [2.45, 2.75) is 83.2 Å². The molecule has 1 aromatic rings. The zero-order valence-electron chi connectivity index (χ0n) is 19.0. The molecule has 5 heteroatoms. The molecule has 0 radical (unpaired) electrons. The number of aldehydes is 1. The number of phenolic OH excluding ortho intramolecular Hbond substituents is 1. The Hall–Kier alpha value is -2.14. The molecule has 0 saturated heterocycles. The van der Waals surface area contributed by atoms with E-state index < -0.39 is 0 Å². The van der Waals surface area contributed by atoms with Gasteiger partial charge in [-0.25, -0.2) is 0 Å². The molecule has 1 saturated carbocycles. The minimum absolute atomic E-state index is 0.219. The predicted octanol–water partition coefficient (Wildman–Crippen LogP) is 5.10. The first-order valence-corrected chi connectivity index (χ1v) is 11.2. The fourth-order valence-corrected chi connectivity index (χ4v) is 5.16. The van der Waals surface area contributed by atoms with Gasteiger partial charge in [0.2, 0.25) is 0 Å². The van der Waals surface area contributed by atoms with E-state index in [0.717, 1.165) is 55.3 Å². The lowest BCUT2D eigenvalue weighted by atomic mass is 9.81. The molecule has 164 valence electrons. The smallest absolute Gasteiger partial charge is 0.151 e. The quantitative estimate of drug-likeness (QED) is 0.357. The molecule has 2 unspecified atom stereocenters. The summed E-state index contributed by atoms with van der Waals surface area (Å²) < 4.78 is 6.45. The SMILES string of the molecule is CCCC(=N)/C(C=O)=C/c1c(O)c2c(c3c1CCC(C)(C)O3)C1CCC2C1.CNC. The highest BCUT2D eigenvalue weighted by molar-refractivity contribution is 6.17. The van der Waals surface area contributed by atoms with Crippen molar-refractivity contribution in [3.05, 3.63) is 27.8 Å². The third-order valence-corrected chi connectivity index (χ3v) is 6.52. The summed E-state index contributed by atoms with van der Waals surface area (Å²) in [6, 6.07) is 0. The van der Waals surface area contributed by atoms with Crippen LogP contribution in [0.5, 0.6) is 11.5 Å². The number of aromatic hydroxyl groups is 1. The molecule has 0 aromatic heterocycles. The van der Waals surface area contributed by atoms with Crippen molar-refractivity contribution in [2.75, 3.05) is 14.1 Å². The summed E-state index contributed by atoms with van der Waals surface area (Å²) in [6.07, 6.45) is 8.93. The van der Waals surface area contributed by atoms with Gasteiger partial charge in [-0.15, -0.1) is 0 Å². The van der Waals surface area contributed by atoms with Gasteiger partial charge in [0.05, 0.1) is 0 Å². The Labute approximate surface area is 180 Å². The lowest BCUT2D eigenvalue weighted by Crippen LogP contribution is -2.34. The molecule has 3 aliphatic rings. The number of nitrogens with one attached hydrogen (secondary N) is 2. The number of hydrogen-bond acceptors (Lipinski definition) is 5. The van der Waals surface area contributed by atoms with E-state index in [1.807, 2.05) is 21.0 Å². The monoisotopic (exact) mass is 412 g/mol. The van der Waals surface area contributed by atoms with Crippen molar-refractivity contribution in [3.63, 3.8) is 0 Å². The molecule has 1 aliphatic heterocycles. The molecule has 3 N–H and O–H groups in total. The van der Waals surface area contributed by atoms with Crippen LogP contribution in [0, 0.1) is 5.41 Å². The van der Waals surface area contributed by atoms with Gasteiger partial charge in [0.25, 0.3) is 0 Å². The van der Waals surface area contributed by atoms with E-state index in [9.17, 15) is 9.90 Å². The number of benzene rings is 1. The van der Waals surface area contributed by atoms with Crippen LogP contribution in [0.2, 0.25) is 0 Å². The molecule has 2 bridgehead atoms. The Balaban J connectivity index is 0.000000806. The van der Waals surface area contributed by atoms with Gasteiger partial charge in [-0.1, -0.05) is 13.3 Å². The largest absolute Gasteiger partial charge is 0.507 e. The summed E-state index contributed by atoms with van der Waals surface area (Å²) in [7, 11) is 3.75. The standard InChI is InChI=1S/C23H29NO3.C2H7N/c1-4-5-18(24)15(12-25)11-17-16-8-9-23(2,3)27-22(16)20-14-7-6-13(10-14)19(20)21(17)26;1-3-2/h11-14,24,26H,4-10H2,1-3H3;3H,1-2H3/b15-11+,24-18?;. The van der Waals surface area contributed by atoms with Crippen molar-refractivity contribution in [1.82, 2.24) is 5.32 Å². The Morgan fingerprint density at radius 3 is 2.50 bits per heavy atom. The molecule has 2 atom stereocenters. The van der Waals surface area contributed by atoms with Crippen LogP contribution < -0.4 is 10.1 Å². The summed E-state index contributed by atoms with van der Waals surface area (Å²) in [6.45, 7) is 6.23. The van der Waals surface area contributed by atoms with Crippen LogP contribution in [0.3, 0.4) is 0 Å². The highest BCUT2D eigenvalue weighted by Gasteiger charge is 2.45. The van der Waals surface area contributed by atoms with Gasteiger partial charge >= 0.3 is 0 Å². The van der Waals surface area contributed by atoms with Crippen LogP contribution in [-0.4, -0.2) is 36.8 Å².